The van der Waals surface area contributed by atoms with Crippen molar-refractivity contribution in [3.63, 3.8) is 0 Å². The van der Waals surface area contributed by atoms with E-state index < -0.39 is 0 Å². The monoisotopic (exact) mass is 493 g/mol. The number of ether oxygens (including phenoxy) is 3. The molecule has 2 aliphatic heterocycles. The molecule has 0 saturated carbocycles. The molecular formula is C23H22Cl3N3O3. The number of hydrogen-bond donors (Lipinski definition) is 0. The molecule has 3 aromatic rings. The number of fused-ring (bicyclic) bond motifs is 1. The molecule has 0 bridgehead atoms. The molecule has 0 amide bonds. The summed E-state index contributed by atoms with van der Waals surface area (Å²) in [6.07, 6.45) is 3.87. The Morgan fingerprint density at radius 1 is 0.969 bits per heavy atom. The van der Waals surface area contributed by atoms with Crippen LogP contribution in [0.3, 0.4) is 0 Å². The van der Waals surface area contributed by atoms with E-state index in [0.29, 0.717) is 38.0 Å². The molecule has 5 rings (SSSR count). The third kappa shape index (κ3) is 3.63. The highest BCUT2D eigenvalue weighted by Gasteiger charge is 2.45. The van der Waals surface area contributed by atoms with Crippen molar-refractivity contribution in [2.75, 3.05) is 45.4 Å². The van der Waals surface area contributed by atoms with Crippen molar-refractivity contribution >= 4 is 51.4 Å². The van der Waals surface area contributed by atoms with E-state index in [4.69, 9.17) is 54.0 Å². The second-order valence-electron chi connectivity index (χ2n) is 8.31. The van der Waals surface area contributed by atoms with E-state index in [2.05, 4.69) is 9.88 Å². The fourth-order valence-corrected chi connectivity index (χ4v) is 5.47. The zero-order valence-electron chi connectivity index (χ0n) is 17.8. The molecule has 0 unspecified atom stereocenters. The van der Waals surface area contributed by atoms with Gasteiger partial charge in [-0.2, -0.15) is 0 Å². The van der Waals surface area contributed by atoms with Gasteiger partial charge in [0, 0.05) is 60.3 Å². The maximum absolute atomic E-state index is 6.68. The van der Waals surface area contributed by atoms with Crippen molar-refractivity contribution < 1.29 is 14.2 Å². The van der Waals surface area contributed by atoms with Crippen LogP contribution in [0, 0.1) is 5.41 Å². The van der Waals surface area contributed by atoms with Crippen LogP contribution in [0.25, 0.3) is 22.0 Å². The number of benzene rings is 1. The Bertz CT molecular complexity index is 1160. The first kappa shape index (κ1) is 21.8. The summed E-state index contributed by atoms with van der Waals surface area (Å²) in [6, 6.07) is 5.44. The molecule has 0 radical (unpaired) electrons. The van der Waals surface area contributed by atoms with Crippen LogP contribution in [0.4, 0.5) is 5.82 Å². The smallest absolute Gasteiger partial charge is 0.141 e. The van der Waals surface area contributed by atoms with Gasteiger partial charge in [0.2, 0.25) is 0 Å². The van der Waals surface area contributed by atoms with Crippen molar-refractivity contribution in [1.82, 2.24) is 9.97 Å². The van der Waals surface area contributed by atoms with E-state index in [-0.39, 0.29) is 5.41 Å². The standard InChI is InChI=1S/C23H22Cl3N3O3/c1-30-16-9-17(31-2)21(26)19(20(16)25)15-7-13-10-27-18(24)8-14(13)22(28-15)29-11-23(12-29)3-5-32-6-4-23/h7-10H,3-6,11-12H2,1-2H3. The highest BCUT2D eigenvalue weighted by atomic mass is 35.5. The highest BCUT2D eigenvalue weighted by Crippen LogP contribution is 2.48. The molecule has 2 aliphatic rings. The molecule has 1 spiro atoms. The molecule has 2 saturated heterocycles. The maximum atomic E-state index is 6.68. The largest absolute Gasteiger partial charge is 0.495 e. The number of halogens is 3. The number of pyridine rings is 2. The number of methoxy groups -OCH3 is 2. The molecule has 9 heteroatoms. The zero-order valence-corrected chi connectivity index (χ0v) is 20.0. The third-order valence-electron chi connectivity index (χ3n) is 6.40. The van der Waals surface area contributed by atoms with E-state index in [9.17, 15) is 0 Å². The molecule has 0 N–H and O–H groups in total. The number of rotatable bonds is 4. The SMILES string of the molecule is COc1cc(OC)c(Cl)c(-c2cc3cnc(Cl)cc3c(N3CC4(CCOCC4)C3)n2)c1Cl. The van der Waals surface area contributed by atoms with E-state index in [1.165, 1.54) is 0 Å². The van der Waals surface area contributed by atoms with Crippen LogP contribution in [0.15, 0.2) is 24.4 Å². The van der Waals surface area contributed by atoms with Crippen LogP contribution in [0.5, 0.6) is 11.5 Å². The number of anilines is 1. The Morgan fingerprint density at radius 3 is 2.25 bits per heavy atom. The summed E-state index contributed by atoms with van der Waals surface area (Å²) in [4.78, 5) is 11.6. The lowest BCUT2D eigenvalue weighted by Crippen LogP contribution is -2.58. The molecule has 1 aromatic carbocycles. The van der Waals surface area contributed by atoms with E-state index in [0.717, 1.165) is 55.7 Å². The topological polar surface area (TPSA) is 56.7 Å². The van der Waals surface area contributed by atoms with Crippen molar-refractivity contribution in [2.24, 2.45) is 5.41 Å². The van der Waals surface area contributed by atoms with Gasteiger partial charge in [0.05, 0.1) is 30.0 Å². The second-order valence-corrected chi connectivity index (χ2v) is 9.45. The van der Waals surface area contributed by atoms with Gasteiger partial charge in [-0.05, 0) is 25.0 Å². The Labute approximate surface area is 201 Å². The first-order valence-corrected chi connectivity index (χ1v) is 11.5. The normalized spacial score (nSPS) is 17.5. The Morgan fingerprint density at radius 2 is 1.62 bits per heavy atom. The predicted molar refractivity (Wildman–Crippen MR) is 128 cm³/mol. The number of aromatic nitrogens is 2. The molecule has 4 heterocycles. The minimum atomic E-state index is 0.285. The molecule has 2 fully saturated rings. The second kappa shape index (κ2) is 8.41. The quantitative estimate of drug-likeness (QED) is 0.422. The summed E-state index contributed by atoms with van der Waals surface area (Å²) in [7, 11) is 3.10. The van der Waals surface area contributed by atoms with Gasteiger partial charge in [0.1, 0.15) is 22.5 Å². The summed E-state index contributed by atoms with van der Waals surface area (Å²) in [5, 5.41) is 3.02. The van der Waals surface area contributed by atoms with Gasteiger partial charge in [-0.1, -0.05) is 34.8 Å². The molecule has 6 nitrogen and oxygen atoms in total. The molecule has 0 atom stereocenters. The van der Waals surface area contributed by atoms with Crippen molar-refractivity contribution in [2.45, 2.75) is 12.8 Å². The van der Waals surface area contributed by atoms with E-state index >= 15 is 0 Å². The summed E-state index contributed by atoms with van der Waals surface area (Å²) in [6.45, 7) is 3.47. The minimum Gasteiger partial charge on any atom is -0.495 e. The van der Waals surface area contributed by atoms with Crippen molar-refractivity contribution in [3.8, 4) is 22.8 Å². The van der Waals surface area contributed by atoms with Gasteiger partial charge in [-0.15, -0.1) is 0 Å². The molecule has 0 aliphatic carbocycles. The molecule has 2 aromatic heterocycles. The summed E-state index contributed by atoms with van der Waals surface area (Å²) in [5.74, 6) is 1.77. The van der Waals surface area contributed by atoms with Crippen molar-refractivity contribution in [3.05, 3.63) is 39.6 Å². The lowest BCUT2D eigenvalue weighted by molar-refractivity contribution is -0.000348. The molecular weight excluding hydrogens is 473 g/mol. The average molecular weight is 495 g/mol. The van der Waals surface area contributed by atoms with Gasteiger partial charge >= 0.3 is 0 Å². The fraction of sp³-hybridized carbons (Fsp3) is 0.391. The van der Waals surface area contributed by atoms with Gasteiger partial charge in [-0.25, -0.2) is 9.97 Å². The zero-order chi connectivity index (χ0) is 22.5. The number of nitrogens with zero attached hydrogens (tertiary/aromatic N) is 3. The summed E-state index contributed by atoms with van der Waals surface area (Å²) >= 11 is 19.6. The van der Waals surface area contributed by atoms with Crippen LogP contribution in [0.1, 0.15) is 12.8 Å². The third-order valence-corrected chi connectivity index (χ3v) is 7.35. The molecule has 32 heavy (non-hydrogen) atoms. The average Bonchev–Trinajstić information content (AvgIpc) is 2.78. The van der Waals surface area contributed by atoms with E-state index in [1.807, 2.05) is 12.1 Å². The Kier molecular flexibility index (Phi) is 5.74. The van der Waals surface area contributed by atoms with Crippen LogP contribution in [0.2, 0.25) is 15.2 Å². The van der Waals surface area contributed by atoms with Gasteiger partial charge in [0.25, 0.3) is 0 Å². The van der Waals surface area contributed by atoms with Gasteiger partial charge in [0.15, 0.2) is 0 Å². The van der Waals surface area contributed by atoms with E-state index in [1.54, 1.807) is 26.5 Å². The van der Waals surface area contributed by atoms with Crippen LogP contribution < -0.4 is 14.4 Å². The predicted octanol–water partition coefficient (Wildman–Crippen LogP) is 5.89. The number of hydrogen-bond acceptors (Lipinski definition) is 6. The Hall–Kier alpha value is -1.99. The Balaban J connectivity index is 1.66. The lowest BCUT2D eigenvalue weighted by atomic mass is 9.73. The first-order valence-electron chi connectivity index (χ1n) is 10.3. The minimum absolute atomic E-state index is 0.285. The summed E-state index contributed by atoms with van der Waals surface area (Å²) in [5.41, 5.74) is 1.47. The fourth-order valence-electron chi connectivity index (χ4n) is 4.62. The van der Waals surface area contributed by atoms with Crippen LogP contribution in [-0.4, -0.2) is 50.5 Å². The van der Waals surface area contributed by atoms with Crippen molar-refractivity contribution in [1.29, 1.82) is 0 Å². The molecule has 168 valence electrons. The summed E-state index contributed by atoms with van der Waals surface area (Å²) < 4.78 is 16.4. The highest BCUT2D eigenvalue weighted by molar-refractivity contribution is 6.41. The van der Waals surface area contributed by atoms with Gasteiger partial charge in [-0.3, -0.25) is 0 Å². The van der Waals surface area contributed by atoms with Gasteiger partial charge < -0.3 is 19.1 Å². The maximum Gasteiger partial charge on any atom is 0.141 e. The van der Waals surface area contributed by atoms with Crippen LogP contribution in [-0.2, 0) is 4.74 Å². The van der Waals surface area contributed by atoms with Crippen LogP contribution >= 0.6 is 34.8 Å². The first-order chi connectivity index (χ1) is 15.4. The lowest BCUT2D eigenvalue weighted by Gasteiger charge is -2.53.